The standard InChI is InChI=1S/C20H23N5O2/c1-4-25-18(8-13(2)23-25)20(26)24-10-16(19-17(11-24)21-12-22-19)14-6-5-7-15(9-14)27-3/h5-9,12,16H,4,10-11H2,1-3H3,(H,21,22). The SMILES string of the molecule is CCn1nc(C)cc1C(=O)N1Cc2[nH]cnc2C(c2cccc(OC)c2)C1. The third-order valence-corrected chi connectivity index (χ3v) is 5.04. The molecule has 0 radical (unpaired) electrons. The summed E-state index contributed by atoms with van der Waals surface area (Å²) < 4.78 is 7.14. The topological polar surface area (TPSA) is 76.0 Å². The van der Waals surface area contributed by atoms with Crippen molar-refractivity contribution in [2.45, 2.75) is 32.9 Å². The van der Waals surface area contributed by atoms with Crippen LogP contribution < -0.4 is 4.74 Å². The van der Waals surface area contributed by atoms with Gasteiger partial charge in [-0.1, -0.05) is 12.1 Å². The van der Waals surface area contributed by atoms with E-state index in [0.717, 1.165) is 28.4 Å². The summed E-state index contributed by atoms with van der Waals surface area (Å²) in [6.07, 6.45) is 1.70. The molecule has 1 unspecified atom stereocenters. The fourth-order valence-corrected chi connectivity index (χ4v) is 3.72. The largest absolute Gasteiger partial charge is 0.497 e. The highest BCUT2D eigenvalue weighted by atomic mass is 16.5. The van der Waals surface area contributed by atoms with Crippen LogP contribution in [0.4, 0.5) is 0 Å². The smallest absolute Gasteiger partial charge is 0.272 e. The number of amides is 1. The van der Waals surface area contributed by atoms with Gasteiger partial charge in [-0.2, -0.15) is 5.10 Å². The van der Waals surface area contributed by atoms with Gasteiger partial charge in [-0.25, -0.2) is 4.98 Å². The van der Waals surface area contributed by atoms with E-state index in [1.54, 1.807) is 18.1 Å². The van der Waals surface area contributed by atoms with Crippen LogP contribution in [0.25, 0.3) is 0 Å². The van der Waals surface area contributed by atoms with Crippen LogP contribution in [0.3, 0.4) is 0 Å². The summed E-state index contributed by atoms with van der Waals surface area (Å²) in [4.78, 5) is 22.8. The van der Waals surface area contributed by atoms with Gasteiger partial charge in [-0.15, -0.1) is 0 Å². The zero-order valence-corrected chi connectivity index (χ0v) is 15.8. The lowest BCUT2D eigenvalue weighted by Gasteiger charge is -2.32. The zero-order valence-electron chi connectivity index (χ0n) is 15.8. The van der Waals surface area contributed by atoms with Crippen molar-refractivity contribution in [2.75, 3.05) is 13.7 Å². The van der Waals surface area contributed by atoms with Crippen molar-refractivity contribution in [2.24, 2.45) is 0 Å². The molecule has 0 aliphatic carbocycles. The molecule has 0 saturated carbocycles. The first-order chi connectivity index (χ1) is 13.1. The van der Waals surface area contributed by atoms with E-state index >= 15 is 0 Å². The fraction of sp³-hybridized carbons (Fsp3) is 0.350. The maximum absolute atomic E-state index is 13.2. The van der Waals surface area contributed by atoms with Crippen molar-refractivity contribution in [1.29, 1.82) is 0 Å². The Bertz CT molecular complexity index is 974. The number of rotatable bonds is 4. The van der Waals surface area contributed by atoms with Gasteiger partial charge in [0, 0.05) is 19.0 Å². The average molecular weight is 365 g/mol. The quantitative estimate of drug-likeness (QED) is 0.771. The Morgan fingerprint density at radius 3 is 3.00 bits per heavy atom. The third-order valence-electron chi connectivity index (χ3n) is 5.04. The van der Waals surface area contributed by atoms with Crippen molar-refractivity contribution in [3.63, 3.8) is 0 Å². The lowest BCUT2D eigenvalue weighted by Crippen LogP contribution is -2.39. The van der Waals surface area contributed by atoms with Gasteiger partial charge in [-0.3, -0.25) is 9.48 Å². The lowest BCUT2D eigenvalue weighted by molar-refractivity contribution is 0.0709. The molecule has 7 nitrogen and oxygen atoms in total. The number of aryl methyl sites for hydroxylation is 2. The molecule has 4 rings (SSSR count). The molecule has 0 bridgehead atoms. The molecule has 27 heavy (non-hydrogen) atoms. The summed E-state index contributed by atoms with van der Waals surface area (Å²) in [5.41, 5.74) is 4.53. The Kier molecular flexibility index (Phi) is 4.43. The van der Waals surface area contributed by atoms with Crippen molar-refractivity contribution in [3.05, 3.63) is 65.0 Å². The molecule has 0 spiro atoms. The molecule has 140 valence electrons. The van der Waals surface area contributed by atoms with E-state index in [9.17, 15) is 4.79 Å². The number of carbonyl (C=O) groups is 1. The van der Waals surface area contributed by atoms with E-state index in [1.807, 2.05) is 43.0 Å². The second-order valence-corrected chi connectivity index (χ2v) is 6.77. The zero-order chi connectivity index (χ0) is 19.0. The summed E-state index contributed by atoms with van der Waals surface area (Å²) >= 11 is 0. The van der Waals surface area contributed by atoms with Crippen LogP contribution in [-0.2, 0) is 13.1 Å². The number of benzene rings is 1. The van der Waals surface area contributed by atoms with Gasteiger partial charge in [0.2, 0.25) is 0 Å². The van der Waals surface area contributed by atoms with Gasteiger partial charge in [-0.05, 0) is 37.6 Å². The number of hydrogen-bond acceptors (Lipinski definition) is 4. The van der Waals surface area contributed by atoms with Crippen molar-refractivity contribution in [1.82, 2.24) is 24.6 Å². The Labute approximate surface area is 158 Å². The van der Waals surface area contributed by atoms with Gasteiger partial charge < -0.3 is 14.6 Å². The van der Waals surface area contributed by atoms with E-state index in [-0.39, 0.29) is 11.8 Å². The number of carbonyl (C=O) groups excluding carboxylic acids is 1. The fourth-order valence-electron chi connectivity index (χ4n) is 3.72. The molecule has 1 N–H and O–H groups in total. The van der Waals surface area contributed by atoms with Crippen molar-refractivity contribution >= 4 is 5.91 Å². The van der Waals surface area contributed by atoms with E-state index in [0.29, 0.717) is 25.3 Å². The van der Waals surface area contributed by atoms with Crippen LogP contribution in [0, 0.1) is 6.92 Å². The van der Waals surface area contributed by atoms with Gasteiger partial charge >= 0.3 is 0 Å². The first-order valence-electron chi connectivity index (χ1n) is 9.10. The number of ether oxygens (including phenoxy) is 1. The van der Waals surface area contributed by atoms with E-state index < -0.39 is 0 Å². The maximum atomic E-state index is 13.2. The van der Waals surface area contributed by atoms with Gasteiger partial charge in [0.05, 0.1) is 37.1 Å². The molecule has 3 aromatic rings. The van der Waals surface area contributed by atoms with Crippen LogP contribution in [0.5, 0.6) is 5.75 Å². The highest BCUT2D eigenvalue weighted by Gasteiger charge is 2.33. The molecule has 3 heterocycles. The Balaban J connectivity index is 1.70. The monoisotopic (exact) mass is 365 g/mol. The number of nitrogens with zero attached hydrogens (tertiary/aromatic N) is 4. The number of imidazole rings is 1. The van der Waals surface area contributed by atoms with Crippen LogP contribution in [0.15, 0.2) is 36.7 Å². The molecule has 2 aromatic heterocycles. The minimum Gasteiger partial charge on any atom is -0.497 e. The molecule has 1 aliphatic rings. The molecular formula is C20H23N5O2. The number of methoxy groups -OCH3 is 1. The predicted molar refractivity (Wildman–Crippen MR) is 101 cm³/mol. The predicted octanol–water partition coefficient (Wildman–Crippen LogP) is 2.73. The second-order valence-electron chi connectivity index (χ2n) is 6.77. The lowest BCUT2D eigenvalue weighted by atomic mass is 9.90. The van der Waals surface area contributed by atoms with Crippen molar-refractivity contribution < 1.29 is 9.53 Å². The maximum Gasteiger partial charge on any atom is 0.272 e. The molecule has 1 amide bonds. The molecular weight excluding hydrogens is 342 g/mol. The highest BCUT2D eigenvalue weighted by molar-refractivity contribution is 5.93. The van der Waals surface area contributed by atoms with Gasteiger partial charge in [0.25, 0.3) is 5.91 Å². The summed E-state index contributed by atoms with van der Waals surface area (Å²) in [6, 6.07) is 9.81. The average Bonchev–Trinajstić information content (AvgIpc) is 3.32. The first kappa shape index (κ1) is 17.3. The minimum absolute atomic E-state index is 0.00172. The number of aromatic amines is 1. The molecule has 7 heteroatoms. The Morgan fingerprint density at radius 2 is 2.22 bits per heavy atom. The first-order valence-corrected chi connectivity index (χ1v) is 9.10. The van der Waals surface area contributed by atoms with Crippen LogP contribution in [-0.4, -0.2) is 44.2 Å². The van der Waals surface area contributed by atoms with Crippen LogP contribution in [0.2, 0.25) is 0 Å². The summed E-state index contributed by atoms with van der Waals surface area (Å²) in [7, 11) is 1.66. The molecule has 0 saturated heterocycles. The second kappa shape index (κ2) is 6.90. The number of H-pyrrole nitrogens is 1. The molecule has 1 aromatic carbocycles. The molecule has 1 aliphatic heterocycles. The van der Waals surface area contributed by atoms with Crippen LogP contribution in [0.1, 0.15) is 46.0 Å². The molecule has 0 fully saturated rings. The summed E-state index contributed by atoms with van der Waals surface area (Å²) in [5, 5.41) is 4.41. The van der Waals surface area contributed by atoms with E-state index in [4.69, 9.17) is 4.74 Å². The van der Waals surface area contributed by atoms with E-state index in [2.05, 4.69) is 21.1 Å². The normalized spacial score (nSPS) is 16.3. The Morgan fingerprint density at radius 1 is 1.37 bits per heavy atom. The van der Waals surface area contributed by atoms with E-state index in [1.165, 1.54) is 0 Å². The number of fused-ring (bicyclic) bond motifs is 1. The highest BCUT2D eigenvalue weighted by Crippen LogP contribution is 2.33. The minimum atomic E-state index is -0.00871. The number of nitrogens with one attached hydrogen (secondary N) is 1. The van der Waals surface area contributed by atoms with Gasteiger partial charge in [0.1, 0.15) is 11.4 Å². The van der Waals surface area contributed by atoms with Gasteiger partial charge in [0.15, 0.2) is 0 Å². The third kappa shape index (κ3) is 3.09. The summed E-state index contributed by atoms with van der Waals surface area (Å²) in [5.74, 6) is 0.788. The number of hydrogen-bond donors (Lipinski definition) is 1. The van der Waals surface area contributed by atoms with Crippen LogP contribution >= 0.6 is 0 Å². The van der Waals surface area contributed by atoms with Crippen molar-refractivity contribution in [3.8, 4) is 5.75 Å². The summed E-state index contributed by atoms with van der Waals surface area (Å²) in [6.45, 7) is 5.65. The number of aromatic nitrogens is 4. The molecule has 1 atom stereocenters. The Hall–Kier alpha value is -3.09.